The molecule has 0 aliphatic carbocycles. The number of nitrogens with two attached hydrogens (primary N) is 1. The molecule has 0 amide bonds. The molecule has 0 radical (unpaired) electrons. The van der Waals surface area contributed by atoms with Crippen LogP contribution in [0.2, 0.25) is 0 Å². The Bertz CT molecular complexity index is 97.7. The zero-order valence-corrected chi connectivity index (χ0v) is 8.28. The third-order valence-electron chi connectivity index (χ3n) is 1.81. The van der Waals surface area contributed by atoms with E-state index < -0.39 is 0 Å². The van der Waals surface area contributed by atoms with Crippen molar-refractivity contribution < 1.29 is 0 Å². The van der Waals surface area contributed by atoms with Crippen LogP contribution < -0.4 is 11.1 Å². The quantitative estimate of drug-likeness (QED) is 0.634. The van der Waals surface area contributed by atoms with E-state index in [9.17, 15) is 0 Å². The van der Waals surface area contributed by atoms with Crippen LogP contribution in [0.1, 0.15) is 34.1 Å². The van der Waals surface area contributed by atoms with E-state index in [0.717, 1.165) is 19.5 Å². The molecular weight excluding hydrogens is 136 g/mol. The smallest absolute Gasteiger partial charge is 0.00106 e. The molecule has 11 heavy (non-hydrogen) atoms. The Morgan fingerprint density at radius 2 is 1.91 bits per heavy atom. The molecule has 0 unspecified atom stereocenters. The lowest BCUT2D eigenvalue weighted by molar-refractivity contribution is 0.309. The molecule has 0 atom stereocenters. The van der Waals surface area contributed by atoms with Crippen molar-refractivity contribution in [2.45, 2.75) is 40.2 Å². The minimum absolute atomic E-state index is 0.346. The molecule has 2 heteroatoms. The fraction of sp³-hybridized carbons (Fsp3) is 1.00. The Morgan fingerprint density at radius 1 is 1.36 bits per heavy atom. The van der Waals surface area contributed by atoms with Gasteiger partial charge in [0.15, 0.2) is 0 Å². The van der Waals surface area contributed by atoms with Gasteiger partial charge in [-0.3, -0.25) is 0 Å². The highest BCUT2D eigenvalue weighted by Crippen LogP contribution is 2.17. The summed E-state index contributed by atoms with van der Waals surface area (Å²) in [6, 6.07) is 0.576. The Hall–Kier alpha value is -0.0800. The average molecular weight is 158 g/mol. The minimum Gasteiger partial charge on any atom is -0.330 e. The molecule has 0 aromatic rings. The molecule has 0 bridgehead atoms. The highest BCUT2D eigenvalue weighted by Gasteiger charge is 2.16. The van der Waals surface area contributed by atoms with Gasteiger partial charge in [-0.05, 0) is 18.4 Å². The molecule has 3 N–H and O–H groups in total. The van der Waals surface area contributed by atoms with Crippen LogP contribution in [0.5, 0.6) is 0 Å². The van der Waals surface area contributed by atoms with Crippen molar-refractivity contribution in [3.05, 3.63) is 0 Å². The van der Waals surface area contributed by atoms with Crippen molar-refractivity contribution in [3.63, 3.8) is 0 Å². The second-order valence-electron chi connectivity index (χ2n) is 4.24. The van der Waals surface area contributed by atoms with Crippen LogP contribution >= 0.6 is 0 Å². The van der Waals surface area contributed by atoms with Gasteiger partial charge in [0, 0.05) is 12.6 Å². The predicted molar refractivity (Wildman–Crippen MR) is 50.6 cm³/mol. The van der Waals surface area contributed by atoms with E-state index >= 15 is 0 Å². The van der Waals surface area contributed by atoms with Crippen LogP contribution in [0.4, 0.5) is 0 Å². The topological polar surface area (TPSA) is 38.0 Å². The van der Waals surface area contributed by atoms with Gasteiger partial charge in [-0.15, -0.1) is 0 Å². The second kappa shape index (κ2) is 4.73. The molecule has 0 fully saturated rings. The Balaban J connectivity index is 3.54. The summed E-state index contributed by atoms with van der Waals surface area (Å²) in [7, 11) is 0. The van der Waals surface area contributed by atoms with Gasteiger partial charge in [0.05, 0.1) is 0 Å². The van der Waals surface area contributed by atoms with Gasteiger partial charge >= 0.3 is 0 Å². The summed E-state index contributed by atoms with van der Waals surface area (Å²) in [5.74, 6) is 0. The molecule has 0 heterocycles. The highest BCUT2D eigenvalue weighted by atomic mass is 14.9. The average Bonchev–Trinajstić information content (AvgIpc) is 1.84. The first-order chi connectivity index (χ1) is 4.98. The summed E-state index contributed by atoms with van der Waals surface area (Å²) < 4.78 is 0. The monoisotopic (exact) mass is 158 g/mol. The SMILES string of the molecule is CC(C)NCC(C)(C)CCN. The first-order valence-corrected chi connectivity index (χ1v) is 4.41. The van der Waals surface area contributed by atoms with Crippen molar-refractivity contribution in [2.75, 3.05) is 13.1 Å². The zero-order valence-electron chi connectivity index (χ0n) is 8.28. The molecule has 0 spiro atoms. The van der Waals surface area contributed by atoms with Gasteiger partial charge in [-0.2, -0.15) is 0 Å². The lowest BCUT2D eigenvalue weighted by atomic mass is 9.89. The first kappa shape index (κ1) is 10.9. The third-order valence-corrected chi connectivity index (χ3v) is 1.81. The van der Waals surface area contributed by atoms with Crippen LogP contribution in [0.15, 0.2) is 0 Å². The fourth-order valence-electron chi connectivity index (χ4n) is 0.960. The molecule has 0 aliphatic heterocycles. The highest BCUT2D eigenvalue weighted by molar-refractivity contribution is 4.72. The van der Waals surface area contributed by atoms with Crippen LogP contribution in [0.3, 0.4) is 0 Å². The minimum atomic E-state index is 0.346. The van der Waals surface area contributed by atoms with E-state index in [1.165, 1.54) is 0 Å². The normalized spacial score (nSPS) is 12.5. The molecule has 0 aliphatic rings. The number of nitrogens with one attached hydrogen (secondary N) is 1. The molecular formula is C9H22N2. The Morgan fingerprint density at radius 3 is 2.27 bits per heavy atom. The molecule has 0 rings (SSSR count). The summed E-state index contributed by atoms with van der Waals surface area (Å²) in [6.07, 6.45) is 1.09. The maximum atomic E-state index is 5.49. The summed E-state index contributed by atoms with van der Waals surface area (Å²) in [5, 5.41) is 3.42. The maximum absolute atomic E-state index is 5.49. The summed E-state index contributed by atoms with van der Waals surface area (Å²) in [4.78, 5) is 0. The van der Waals surface area contributed by atoms with Gasteiger partial charge in [-0.25, -0.2) is 0 Å². The van der Waals surface area contributed by atoms with Crippen molar-refractivity contribution in [1.29, 1.82) is 0 Å². The van der Waals surface area contributed by atoms with Crippen LogP contribution in [-0.4, -0.2) is 19.1 Å². The molecule has 2 nitrogen and oxygen atoms in total. The second-order valence-corrected chi connectivity index (χ2v) is 4.24. The number of rotatable bonds is 5. The van der Waals surface area contributed by atoms with Crippen LogP contribution in [0.25, 0.3) is 0 Å². The molecule has 0 aromatic carbocycles. The predicted octanol–water partition coefficient (Wildman–Crippen LogP) is 1.36. The molecule has 0 saturated carbocycles. The molecule has 0 aromatic heterocycles. The van der Waals surface area contributed by atoms with E-state index in [4.69, 9.17) is 5.73 Å². The largest absolute Gasteiger partial charge is 0.330 e. The van der Waals surface area contributed by atoms with Crippen molar-refractivity contribution in [3.8, 4) is 0 Å². The Labute approximate surface area is 70.5 Å². The van der Waals surface area contributed by atoms with E-state index in [1.54, 1.807) is 0 Å². The van der Waals surface area contributed by atoms with Gasteiger partial charge < -0.3 is 11.1 Å². The van der Waals surface area contributed by atoms with Gasteiger partial charge in [-0.1, -0.05) is 27.7 Å². The van der Waals surface area contributed by atoms with Crippen LogP contribution in [0, 0.1) is 5.41 Å². The molecule has 68 valence electrons. The lowest BCUT2D eigenvalue weighted by Crippen LogP contribution is -2.35. The van der Waals surface area contributed by atoms with Crippen molar-refractivity contribution in [2.24, 2.45) is 11.1 Å². The summed E-state index contributed by atoms with van der Waals surface area (Å²) >= 11 is 0. The standard InChI is InChI=1S/C9H22N2/c1-8(2)11-7-9(3,4)5-6-10/h8,11H,5-7,10H2,1-4H3. The Kier molecular flexibility index (Phi) is 4.69. The van der Waals surface area contributed by atoms with Crippen LogP contribution in [-0.2, 0) is 0 Å². The van der Waals surface area contributed by atoms with Gasteiger partial charge in [0.2, 0.25) is 0 Å². The van der Waals surface area contributed by atoms with Crippen molar-refractivity contribution in [1.82, 2.24) is 5.32 Å². The van der Waals surface area contributed by atoms with E-state index in [0.29, 0.717) is 11.5 Å². The molecule has 0 saturated heterocycles. The van der Waals surface area contributed by atoms with Gasteiger partial charge in [0.25, 0.3) is 0 Å². The zero-order chi connectivity index (χ0) is 8.91. The van der Waals surface area contributed by atoms with E-state index in [2.05, 4.69) is 33.0 Å². The fourth-order valence-corrected chi connectivity index (χ4v) is 0.960. The number of hydrogen-bond donors (Lipinski definition) is 2. The third kappa shape index (κ3) is 6.32. The maximum Gasteiger partial charge on any atom is 0.00106 e. The van der Waals surface area contributed by atoms with Crippen molar-refractivity contribution >= 4 is 0 Å². The van der Waals surface area contributed by atoms with E-state index in [1.807, 2.05) is 0 Å². The van der Waals surface area contributed by atoms with E-state index in [-0.39, 0.29) is 0 Å². The first-order valence-electron chi connectivity index (χ1n) is 4.41. The number of hydrogen-bond acceptors (Lipinski definition) is 2. The summed E-state index contributed by atoms with van der Waals surface area (Å²) in [6.45, 7) is 10.7. The summed E-state index contributed by atoms with van der Waals surface area (Å²) in [5.41, 5.74) is 5.84. The lowest BCUT2D eigenvalue weighted by Gasteiger charge is -2.25. The van der Waals surface area contributed by atoms with Gasteiger partial charge in [0.1, 0.15) is 0 Å².